The van der Waals surface area contributed by atoms with E-state index in [1.165, 1.54) is 18.2 Å². The highest BCUT2D eigenvalue weighted by Gasteiger charge is 2.30. The lowest BCUT2D eigenvalue weighted by atomic mass is 9.94. The number of halogens is 3. The van der Waals surface area contributed by atoms with Crippen LogP contribution in [0.15, 0.2) is 36.4 Å². The van der Waals surface area contributed by atoms with Crippen molar-refractivity contribution in [2.45, 2.75) is 20.0 Å². The smallest absolute Gasteiger partial charge is 0.416 e. The molecule has 0 saturated heterocycles. The second-order valence-electron chi connectivity index (χ2n) is 4.86. The van der Waals surface area contributed by atoms with Crippen LogP contribution in [0.5, 0.6) is 0 Å². The van der Waals surface area contributed by atoms with E-state index in [9.17, 15) is 18.0 Å². The molecule has 1 N–H and O–H groups in total. The van der Waals surface area contributed by atoms with Crippen LogP contribution in [0.2, 0.25) is 0 Å². The Labute approximate surface area is 119 Å². The van der Waals surface area contributed by atoms with Gasteiger partial charge in [0.05, 0.1) is 11.1 Å². The molecule has 0 aliphatic carbocycles. The summed E-state index contributed by atoms with van der Waals surface area (Å²) in [6, 6.07) is 8.12. The molecule has 0 unspecified atom stereocenters. The molecular formula is C16H13F3O2. The van der Waals surface area contributed by atoms with Gasteiger partial charge in [0.2, 0.25) is 0 Å². The Kier molecular flexibility index (Phi) is 3.77. The third kappa shape index (κ3) is 3.07. The first-order valence-corrected chi connectivity index (χ1v) is 6.22. The molecule has 0 bridgehead atoms. The van der Waals surface area contributed by atoms with Crippen LogP contribution in [-0.2, 0) is 6.18 Å². The standard InChI is InChI=1S/C16H13F3O2/c1-9-7-11(15(20)21)3-5-13(9)14-6-4-12(8-10(14)2)16(17,18)19/h3-8H,1-2H3,(H,20,21). The average Bonchev–Trinajstić information content (AvgIpc) is 2.38. The van der Waals surface area contributed by atoms with Gasteiger partial charge in [-0.2, -0.15) is 13.2 Å². The molecule has 2 aromatic carbocycles. The average molecular weight is 294 g/mol. The van der Waals surface area contributed by atoms with Crippen LogP contribution in [0.1, 0.15) is 27.0 Å². The van der Waals surface area contributed by atoms with E-state index in [1.54, 1.807) is 19.9 Å². The van der Waals surface area contributed by atoms with Crippen LogP contribution in [0.4, 0.5) is 13.2 Å². The predicted molar refractivity (Wildman–Crippen MR) is 73.3 cm³/mol. The van der Waals surface area contributed by atoms with E-state index in [4.69, 9.17) is 5.11 Å². The molecule has 2 aromatic rings. The second-order valence-corrected chi connectivity index (χ2v) is 4.86. The minimum Gasteiger partial charge on any atom is -0.478 e. The van der Waals surface area contributed by atoms with Crippen LogP contribution < -0.4 is 0 Å². The van der Waals surface area contributed by atoms with Crippen molar-refractivity contribution < 1.29 is 23.1 Å². The SMILES string of the molecule is Cc1cc(C(=O)O)ccc1-c1ccc(C(F)(F)F)cc1C. The van der Waals surface area contributed by atoms with Gasteiger partial charge in [0.1, 0.15) is 0 Å². The molecule has 0 fully saturated rings. The highest BCUT2D eigenvalue weighted by molar-refractivity contribution is 5.89. The molecule has 2 rings (SSSR count). The van der Waals surface area contributed by atoms with Crippen molar-refractivity contribution in [3.05, 3.63) is 58.7 Å². The number of carboxylic acid groups (broad SMARTS) is 1. The third-order valence-electron chi connectivity index (χ3n) is 3.32. The van der Waals surface area contributed by atoms with E-state index in [0.717, 1.165) is 17.7 Å². The summed E-state index contributed by atoms with van der Waals surface area (Å²) in [5.41, 5.74) is 2.06. The Morgan fingerprint density at radius 2 is 1.48 bits per heavy atom. The van der Waals surface area contributed by atoms with Gasteiger partial charge in [-0.1, -0.05) is 12.1 Å². The van der Waals surface area contributed by atoms with Gasteiger partial charge in [0, 0.05) is 0 Å². The molecule has 5 heteroatoms. The maximum absolute atomic E-state index is 12.7. The predicted octanol–water partition coefficient (Wildman–Crippen LogP) is 4.69. The topological polar surface area (TPSA) is 37.3 Å². The van der Waals surface area contributed by atoms with Crippen molar-refractivity contribution in [3.63, 3.8) is 0 Å². The van der Waals surface area contributed by atoms with Crippen molar-refractivity contribution in [1.29, 1.82) is 0 Å². The fourth-order valence-electron chi connectivity index (χ4n) is 2.24. The van der Waals surface area contributed by atoms with Crippen molar-refractivity contribution in [2.24, 2.45) is 0 Å². The highest BCUT2D eigenvalue weighted by Crippen LogP contribution is 2.34. The zero-order valence-electron chi connectivity index (χ0n) is 11.5. The van der Waals surface area contributed by atoms with Gasteiger partial charge in [-0.05, 0) is 60.4 Å². The highest BCUT2D eigenvalue weighted by atomic mass is 19.4. The van der Waals surface area contributed by atoms with Crippen LogP contribution in [-0.4, -0.2) is 11.1 Å². The molecule has 2 nitrogen and oxygen atoms in total. The Balaban J connectivity index is 2.50. The Hall–Kier alpha value is -2.30. The summed E-state index contributed by atoms with van der Waals surface area (Å²) in [4.78, 5) is 10.9. The van der Waals surface area contributed by atoms with Gasteiger partial charge in [0.25, 0.3) is 0 Å². The van der Waals surface area contributed by atoms with Crippen molar-refractivity contribution >= 4 is 5.97 Å². The number of benzene rings is 2. The number of carbonyl (C=O) groups is 1. The summed E-state index contributed by atoms with van der Waals surface area (Å²) >= 11 is 0. The fourth-order valence-corrected chi connectivity index (χ4v) is 2.24. The first-order chi connectivity index (χ1) is 9.70. The number of alkyl halides is 3. The zero-order valence-corrected chi connectivity index (χ0v) is 11.5. The van der Waals surface area contributed by atoms with Gasteiger partial charge >= 0.3 is 12.1 Å². The molecule has 0 aliphatic heterocycles. The van der Waals surface area contributed by atoms with Gasteiger partial charge in [-0.15, -0.1) is 0 Å². The molecule has 0 radical (unpaired) electrons. The fraction of sp³-hybridized carbons (Fsp3) is 0.188. The number of aromatic carboxylic acids is 1. The van der Waals surface area contributed by atoms with Gasteiger partial charge in [-0.3, -0.25) is 0 Å². The van der Waals surface area contributed by atoms with E-state index in [-0.39, 0.29) is 5.56 Å². The lowest BCUT2D eigenvalue weighted by Crippen LogP contribution is -2.05. The maximum atomic E-state index is 12.7. The van der Waals surface area contributed by atoms with Crippen LogP contribution >= 0.6 is 0 Å². The first-order valence-electron chi connectivity index (χ1n) is 6.22. The monoisotopic (exact) mass is 294 g/mol. The molecule has 0 heterocycles. The summed E-state index contributed by atoms with van der Waals surface area (Å²) in [7, 11) is 0. The molecule has 0 saturated carbocycles. The number of rotatable bonds is 2. The normalized spacial score (nSPS) is 11.5. The van der Waals surface area contributed by atoms with Crippen molar-refractivity contribution in [3.8, 4) is 11.1 Å². The summed E-state index contributed by atoms with van der Waals surface area (Å²) in [6.07, 6.45) is -4.37. The number of hydrogen-bond donors (Lipinski definition) is 1. The maximum Gasteiger partial charge on any atom is 0.416 e. The molecule has 0 atom stereocenters. The Morgan fingerprint density at radius 1 is 0.952 bits per heavy atom. The molecular weight excluding hydrogens is 281 g/mol. The first kappa shape index (κ1) is 15.1. The van der Waals surface area contributed by atoms with Gasteiger partial charge in [0.15, 0.2) is 0 Å². The minimum atomic E-state index is -4.37. The molecule has 21 heavy (non-hydrogen) atoms. The zero-order chi connectivity index (χ0) is 15.8. The second kappa shape index (κ2) is 5.24. The summed E-state index contributed by atoms with van der Waals surface area (Å²) in [6.45, 7) is 3.34. The van der Waals surface area contributed by atoms with E-state index < -0.39 is 17.7 Å². The number of carboxylic acids is 1. The van der Waals surface area contributed by atoms with E-state index in [2.05, 4.69) is 0 Å². The Bertz CT molecular complexity index is 703. The summed E-state index contributed by atoms with van der Waals surface area (Å²) in [5, 5.41) is 8.93. The number of hydrogen-bond acceptors (Lipinski definition) is 1. The molecule has 0 amide bonds. The van der Waals surface area contributed by atoms with Crippen LogP contribution in [0, 0.1) is 13.8 Å². The molecule has 0 aromatic heterocycles. The van der Waals surface area contributed by atoms with Crippen LogP contribution in [0.3, 0.4) is 0 Å². The van der Waals surface area contributed by atoms with Crippen molar-refractivity contribution in [2.75, 3.05) is 0 Å². The van der Waals surface area contributed by atoms with Gasteiger partial charge < -0.3 is 5.11 Å². The molecule has 110 valence electrons. The lowest BCUT2D eigenvalue weighted by molar-refractivity contribution is -0.137. The van der Waals surface area contributed by atoms with Gasteiger partial charge in [-0.25, -0.2) is 4.79 Å². The largest absolute Gasteiger partial charge is 0.478 e. The molecule has 0 spiro atoms. The Morgan fingerprint density at radius 3 is 1.90 bits per heavy atom. The summed E-state index contributed by atoms with van der Waals surface area (Å²) < 4.78 is 38.0. The van der Waals surface area contributed by atoms with E-state index in [0.29, 0.717) is 16.7 Å². The number of aryl methyl sites for hydroxylation is 2. The van der Waals surface area contributed by atoms with Crippen LogP contribution in [0.25, 0.3) is 11.1 Å². The van der Waals surface area contributed by atoms with E-state index in [1.807, 2.05) is 0 Å². The van der Waals surface area contributed by atoms with Crippen molar-refractivity contribution in [1.82, 2.24) is 0 Å². The third-order valence-corrected chi connectivity index (χ3v) is 3.32. The quantitative estimate of drug-likeness (QED) is 0.872. The minimum absolute atomic E-state index is 0.154. The lowest BCUT2D eigenvalue weighted by Gasteiger charge is -2.13. The molecule has 0 aliphatic rings. The van der Waals surface area contributed by atoms with E-state index >= 15 is 0 Å². The summed E-state index contributed by atoms with van der Waals surface area (Å²) in [5.74, 6) is -1.03.